The van der Waals surface area contributed by atoms with E-state index < -0.39 is 0 Å². The Morgan fingerprint density at radius 3 is 2.75 bits per heavy atom. The third-order valence-corrected chi connectivity index (χ3v) is 4.37. The van der Waals surface area contributed by atoms with Crippen LogP contribution in [0.15, 0.2) is 23.0 Å². The van der Waals surface area contributed by atoms with E-state index >= 15 is 0 Å². The van der Waals surface area contributed by atoms with Crippen molar-refractivity contribution in [1.82, 2.24) is 14.4 Å². The van der Waals surface area contributed by atoms with Gasteiger partial charge in [-0.15, -0.1) is 0 Å². The zero-order valence-corrected chi connectivity index (χ0v) is 11.7. The summed E-state index contributed by atoms with van der Waals surface area (Å²) < 4.78 is 1.82. The van der Waals surface area contributed by atoms with Gasteiger partial charge in [-0.1, -0.05) is 0 Å². The minimum atomic E-state index is -0.0997. The molecule has 1 heterocycles. The van der Waals surface area contributed by atoms with Crippen molar-refractivity contribution in [2.24, 2.45) is 0 Å². The molecule has 1 aliphatic carbocycles. The van der Waals surface area contributed by atoms with Crippen LogP contribution < -0.4 is 10.5 Å². The number of fused-ring (bicyclic) bond motifs is 1. The van der Waals surface area contributed by atoms with Crippen molar-refractivity contribution in [3.63, 3.8) is 0 Å². The molecule has 0 unspecified atom stereocenters. The summed E-state index contributed by atoms with van der Waals surface area (Å²) in [5.74, 6) is 0. The first-order chi connectivity index (χ1) is 9.72. The number of halogens is 1. The fraction of sp³-hybridized carbons (Fsp3) is 0.429. The van der Waals surface area contributed by atoms with Gasteiger partial charge in [0.05, 0.1) is 22.7 Å². The van der Waals surface area contributed by atoms with Gasteiger partial charge < -0.3 is 4.98 Å². The number of H-pyrrole nitrogens is 1. The number of imidazole rings is 1. The molecule has 5 nitrogen and oxygen atoms in total. The highest BCUT2D eigenvalue weighted by molar-refractivity contribution is 6.13. The van der Waals surface area contributed by atoms with Gasteiger partial charge >= 0.3 is 5.69 Å². The third-order valence-electron chi connectivity index (χ3n) is 4.06. The van der Waals surface area contributed by atoms with Crippen molar-refractivity contribution in [3.05, 3.63) is 34.2 Å². The van der Waals surface area contributed by atoms with Crippen molar-refractivity contribution in [2.45, 2.75) is 37.8 Å². The average Bonchev–Trinajstić information content (AvgIpc) is 2.82. The first-order valence-electron chi connectivity index (χ1n) is 6.73. The van der Waals surface area contributed by atoms with Crippen molar-refractivity contribution >= 4 is 22.8 Å². The molecule has 2 N–H and O–H groups in total. The third kappa shape index (κ3) is 2.21. The summed E-state index contributed by atoms with van der Waals surface area (Å²) in [5, 5.41) is 8.91. The lowest BCUT2D eigenvalue weighted by molar-refractivity contribution is 0.314. The number of nitrogens with zero attached hydrogens (tertiary/aromatic N) is 2. The monoisotopic (exact) mass is 290 g/mol. The lowest BCUT2D eigenvalue weighted by Gasteiger charge is -2.28. The Hall–Kier alpha value is -1.77. The van der Waals surface area contributed by atoms with E-state index in [9.17, 15) is 4.79 Å². The fourth-order valence-corrected chi connectivity index (χ4v) is 3.22. The number of aromatic amines is 1. The van der Waals surface area contributed by atoms with Crippen LogP contribution in [0.4, 0.5) is 0 Å². The summed E-state index contributed by atoms with van der Waals surface area (Å²) in [6, 6.07) is 7.93. The van der Waals surface area contributed by atoms with Gasteiger partial charge in [0, 0.05) is 12.1 Å². The van der Waals surface area contributed by atoms with Crippen LogP contribution in [0.3, 0.4) is 0 Å². The van der Waals surface area contributed by atoms with E-state index in [-0.39, 0.29) is 11.7 Å². The number of hydrogen-bond acceptors (Lipinski definition) is 3. The van der Waals surface area contributed by atoms with Gasteiger partial charge in [0.2, 0.25) is 0 Å². The minimum Gasteiger partial charge on any atom is -0.305 e. The average molecular weight is 291 g/mol. The molecule has 1 saturated carbocycles. The lowest BCUT2D eigenvalue weighted by atomic mass is 9.91. The zero-order chi connectivity index (χ0) is 14.1. The maximum atomic E-state index is 12.2. The molecule has 2 aromatic rings. The molecule has 1 aromatic carbocycles. The van der Waals surface area contributed by atoms with Crippen LogP contribution in [0.25, 0.3) is 11.0 Å². The molecule has 3 rings (SSSR count). The van der Waals surface area contributed by atoms with Crippen molar-refractivity contribution in [1.29, 1.82) is 5.26 Å². The van der Waals surface area contributed by atoms with E-state index in [1.165, 1.54) is 0 Å². The Kier molecular flexibility index (Phi) is 3.51. The van der Waals surface area contributed by atoms with E-state index in [0.29, 0.717) is 11.6 Å². The topological polar surface area (TPSA) is 73.6 Å². The van der Waals surface area contributed by atoms with Gasteiger partial charge in [0.25, 0.3) is 0 Å². The zero-order valence-electron chi connectivity index (χ0n) is 10.9. The molecule has 0 radical (unpaired) electrons. The molecular formula is C14H15ClN4O. The van der Waals surface area contributed by atoms with Crippen LogP contribution in [0.1, 0.15) is 37.3 Å². The van der Waals surface area contributed by atoms with E-state index in [4.69, 9.17) is 17.0 Å². The minimum absolute atomic E-state index is 0.0997. The Labute approximate surface area is 121 Å². The Morgan fingerprint density at radius 1 is 1.35 bits per heavy atom. The van der Waals surface area contributed by atoms with E-state index in [0.717, 1.165) is 36.7 Å². The van der Waals surface area contributed by atoms with Gasteiger partial charge in [-0.3, -0.25) is 4.57 Å². The van der Waals surface area contributed by atoms with Gasteiger partial charge in [0.1, 0.15) is 0 Å². The molecule has 20 heavy (non-hydrogen) atoms. The highest BCUT2D eigenvalue weighted by Gasteiger charge is 2.24. The van der Waals surface area contributed by atoms with Crippen LogP contribution in [0.5, 0.6) is 0 Å². The van der Waals surface area contributed by atoms with Crippen LogP contribution in [0.2, 0.25) is 0 Å². The van der Waals surface area contributed by atoms with E-state index in [2.05, 4.69) is 15.9 Å². The second-order valence-electron chi connectivity index (χ2n) is 5.26. The van der Waals surface area contributed by atoms with Crippen LogP contribution >= 0.6 is 11.8 Å². The van der Waals surface area contributed by atoms with Crippen molar-refractivity contribution in [3.8, 4) is 6.07 Å². The van der Waals surface area contributed by atoms with Gasteiger partial charge in [-0.25, -0.2) is 9.63 Å². The van der Waals surface area contributed by atoms with E-state index in [1.54, 1.807) is 12.1 Å². The smallest absolute Gasteiger partial charge is 0.305 e. The molecule has 0 bridgehead atoms. The van der Waals surface area contributed by atoms with Crippen LogP contribution in [0, 0.1) is 11.3 Å². The van der Waals surface area contributed by atoms with E-state index in [1.807, 2.05) is 10.6 Å². The molecule has 0 amide bonds. The predicted octanol–water partition coefficient (Wildman–Crippen LogP) is 2.43. The van der Waals surface area contributed by atoms with Gasteiger partial charge in [-0.05, 0) is 55.7 Å². The highest BCUT2D eigenvalue weighted by Crippen LogP contribution is 2.30. The maximum Gasteiger partial charge on any atom is 0.326 e. The Balaban J connectivity index is 1.98. The molecule has 1 fully saturated rings. The summed E-state index contributed by atoms with van der Waals surface area (Å²) >= 11 is 5.66. The molecule has 104 valence electrons. The first-order valence-corrected chi connectivity index (χ1v) is 7.11. The lowest BCUT2D eigenvalue weighted by Crippen LogP contribution is -2.31. The Bertz CT molecular complexity index is 719. The summed E-state index contributed by atoms with van der Waals surface area (Å²) in [7, 11) is 0. The van der Waals surface area contributed by atoms with Gasteiger partial charge in [0.15, 0.2) is 0 Å². The number of nitrogens with one attached hydrogen (secondary N) is 2. The van der Waals surface area contributed by atoms with Crippen molar-refractivity contribution < 1.29 is 0 Å². The summed E-state index contributed by atoms with van der Waals surface area (Å²) in [6.07, 6.45) is 3.78. The van der Waals surface area contributed by atoms with Crippen LogP contribution in [-0.4, -0.2) is 15.6 Å². The predicted molar refractivity (Wildman–Crippen MR) is 77.6 cm³/mol. The summed E-state index contributed by atoms with van der Waals surface area (Å²) in [6.45, 7) is 0. The molecule has 0 atom stereocenters. The normalized spacial score (nSPS) is 22.8. The standard InChI is InChI=1S/C14H15ClN4O/c15-18-10-2-4-11(5-3-10)19-13-6-1-9(8-16)7-12(13)17-14(19)20/h1,6-7,10-11,18H,2-5H2,(H,17,20)/t10-,11-. The molecule has 0 aliphatic heterocycles. The highest BCUT2D eigenvalue weighted by atomic mass is 35.5. The molecule has 6 heteroatoms. The second kappa shape index (κ2) is 5.31. The molecule has 0 saturated heterocycles. The van der Waals surface area contributed by atoms with Crippen LogP contribution in [-0.2, 0) is 0 Å². The molecule has 1 aromatic heterocycles. The number of aromatic nitrogens is 2. The SMILES string of the molecule is N#Cc1ccc2c(c1)[nH]c(=O)n2[C@H]1CC[C@H](NCl)CC1. The fourth-order valence-electron chi connectivity index (χ4n) is 3.01. The first kappa shape index (κ1) is 13.2. The van der Waals surface area contributed by atoms with Gasteiger partial charge in [-0.2, -0.15) is 5.26 Å². The number of benzene rings is 1. The number of rotatable bonds is 2. The molecule has 0 spiro atoms. The van der Waals surface area contributed by atoms with Crippen molar-refractivity contribution in [2.75, 3.05) is 0 Å². The summed E-state index contributed by atoms with van der Waals surface area (Å²) in [5.41, 5.74) is 2.06. The molecule has 1 aliphatic rings. The Morgan fingerprint density at radius 2 is 2.10 bits per heavy atom. The molecular weight excluding hydrogens is 276 g/mol. The number of nitriles is 1. The summed E-state index contributed by atoms with van der Waals surface area (Å²) in [4.78, 5) is 17.8. The maximum absolute atomic E-state index is 12.2. The second-order valence-corrected chi connectivity index (χ2v) is 5.48. The largest absolute Gasteiger partial charge is 0.326 e. The number of hydrogen-bond donors (Lipinski definition) is 2. The quantitative estimate of drug-likeness (QED) is 0.834.